The summed E-state index contributed by atoms with van der Waals surface area (Å²) in [6.07, 6.45) is 0. The zero-order valence-corrected chi connectivity index (χ0v) is 49.8. The van der Waals surface area contributed by atoms with Crippen molar-refractivity contribution in [2.45, 2.75) is 112 Å². The van der Waals surface area contributed by atoms with Gasteiger partial charge in [0.1, 0.15) is 0 Å². The van der Waals surface area contributed by atoms with Gasteiger partial charge < -0.3 is 60.2 Å². The number of rotatable bonds is 28. The van der Waals surface area contributed by atoms with Gasteiger partial charge in [-0.05, 0) is 56.4 Å². The minimum Gasteiger partial charge on any atom is -0.379 e. The van der Waals surface area contributed by atoms with Crippen molar-refractivity contribution < 1.29 is 18.9 Å². The largest absolute Gasteiger partial charge is 0.379 e. The van der Waals surface area contributed by atoms with Crippen molar-refractivity contribution in [2.75, 3.05) is 174 Å². The summed E-state index contributed by atoms with van der Waals surface area (Å²) in [6.45, 7) is 36.2. The Labute approximate surface area is 451 Å². The van der Waals surface area contributed by atoms with E-state index in [1.165, 1.54) is 0 Å². The van der Waals surface area contributed by atoms with Gasteiger partial charge in [-0.15, -0.1) is 0 Å². The number of hydrogen-bond acceptors (Lipinski definition) is 20. The molecule has 0 saturated carbocycles. The quantitative estimate of drug-likeness (QED) is 0.0468. The van der Waals surface area contributed by atoms with Crippen LogP contribution < -0.4 is 74.9 Å². The maximum absolute atomic E-state index is 11.7. The third-order valence-corrected chi connectivity index (χ3v) is 12.2. The molecule has 0 radical (unpaired) electrons. The lowest BCUT2D eigenvalue weighted by molar-refractivity contribution is 0.121. The predicted octanol–water partition coefficient (Wildman–Crippen LogP) is 1.77. The highest BCUT2D eigenvalue weighted by Gasteiger charge is 2.34. The molecule has 0 unspecified atom stereocenters. The van der Waals surface area contributed by atoms with Gasteiger partial charge in [-0.25, -0.2) is 0 Å². The van der Waals surface area contributed by atoms with E-state index in [0.29, 0.717) is 131 Å². The van der Waals surface area contributed by atoms with E-state index in [9.17, 15) is 38.4 Å². The molecule has 0 aromatic heterocycles. The first-order chi connectivity index (χ1) is 35.1. The highest BCUT2D eigenvalue weighted by atomic mass is 16.5. The lowest BCUT2D eigenvalue weighted by Crippen LogP contribution is -2.47. The molecular formula is C56H96N8O12. The highest BCUT2D eigenvalue weighted by Crippen LogP contribution is 2.29. The molecule has 20 heteroatoms. The summed E-state index contributed by atoms with van der Waals surface area (Å²) in [6, 6.07) is 0. The summed E-state index contributed by atoms with van der Waals surface area (Å²) in [5.74, 6) is 0. The first-order valence-electron chi connectivity index (χ1n) is 26.4. The zero-order chi connectivity index (χ0) is 58.5. The van der Waals surface area contributed by atoms with E-state index in [1.54, 1.807) is 11.9 Å². The second-order valence-corrected chi connectivity index (χ2v) is 23.3. The van der Waals surface area contributed by atoms with Gasteiger partial charge >= 0.3 is 0 Å². The fourth-order valence-electron chi connectivity index (χ4n) is 7.85. The van der Waals surface area contributed by atoms with Crippen LogP contribution in [0, 0.1) is 0 Å². The molecule has 0 bridgehead atoms. The molecule has 0 aliphatic carbocycles. The van der Waals surface area contributed by atoms with E-state index in [2.05, 4.69) is 27.8 Å². The molecule has 20 nitrogen and oxygen atoms in total. The van der Waals surface area contributed by atoms with Gasteiger partial charge in [0.25, 0.3) is 0 Å². The van der Waals surface area contributed by atoms with Crippen molar-refractivity contribution in [3.8, 4) is 0 Å². The van der Waals surface area contributed by atoms with Crippen LogP contribution in [-0.2, 0) is 40.6 Å². The molecule has 0 fully saturated rings. The molecule has 0 spiro atoms. The fraction of sp³-hybridized carbons (Fsp3) is 0.714. The van der Waals surface area contributed by atoms with Crippen LogP contribution in [-0.4, -0.2) is 164 Å². The topological polar surface area (TPSA) is 249 Å². The number of likely N-dealkylation sites (N-methyl/N-ethyl adjacent to an activating group) is 5. The van der Waals surface area contributed by atoms with Crippen LogP contribution in [0.15, 0.2) is 38.4 Å². The second kappa shape index (κ2) is 31.6. The molecule has 0 amide bonds. The minimum atomic E-state index is -0.404. The molecule has 4 aromatic carbocycles. The van der Waals surface area contributed by atoms with Crippen molar-refractivity contribution in [1.29, 1.82) is 0 Å². The third-order valence-electron chi connectivity index (χ3n) is 12.2. The van der Waals surface area contributed by atoms with E-state index in [1.807, 2.05) is 128 Å². The third kappa shape index (κ3) is 20.9. The average molecular weight is 1070 g/mol. The van der Waals surface area contributed by atoms with Gasteiger partial charge in [0.2, 0.25) is 43.4 Å². The lowest BCUT2D eigenvalue weighted by Gasteiger charge is -2.29. The maximum atomic E-state index is 11.7. The highest BCUT2D eigenvalue weighted by molar-refractivity contribution is 5.62. The van der Waals surface area contributed by atoms with Crippen LogP contribution in [0.4, 0.5) is 22.7 Å². The van der Waals surface area contributed by atoms with E-state index >= 15 is 0 Å². The van der Waals surface area contributed by atoms with Crippen LogP contribution in [0.1, 0.15) is 112 Å². The molecule has 4 rings (SSSR count). The van der Waals surface area contributed by atoms with Crippen molar-refractivity contribution in [3.05, 3.63) is 104 Å². The van der Waals surface area contributed by atoms with Crippen LogP contribution in [0.5, 0.6) is 0 Å². The maximum Gasteiger partial charge on any atom is 0.249 e. The summed E-state index contributed by atoms with van der Waals surface area (Å²) >= 11 is 0. The molecule has 4 aromatic rings. The molecule has 0 saturated heterocycles. The van der Waals surface area contributed by atoms with Gasteiger partial charge in [0, 0.05) is 88.7 Å². The van der Waals surface area contributed by atoms with Crippen molar-refractivity contribution in [3.63, 3.8) is 0 Å². The van der Waals surface area contributed by atoms with Crippen LogP contribution >= 0.6 is 0 Å². The summed E-state index contributed by atoms with van der Waals surface area (Å²) in [7, 11) is 11.5. The Morgan fingerprint density at radius 2 is 0.724 bits per heavy atom. The molecule has 5 N–H and O–H groups in total. The Balaban J connectivity index is 0.000000507. The van der Waals surface area contributed by atoms with Crippen molar-refractivity contribution in [1.82, 2.24) is 15.1 Å². The van der Waals surface area contributed by atoms with Gasteiger partial charge in [-0.1, -0.05) is 90.0 Å². The SMILES string of the molecule is CCN(C)CCOCCNc1c(C(C)(C)C)c(=O)c1=O.CN(C)CCOCCNc1c(C(C)(C)C)c(=O)c1=O.CN(CCOCCN)c1c(C(C)(C)C)c(=O)c1=O.CNCCOCCN(C)c1c(C(C)(C)C)c(=O)c1=O. The fourth-order valence-corrected chi connectivity index (χ4v) is 7.85. The van der Waals surface area contributed by atoms with E-state index in [4.69, 9.17) is 24.7 Å². The molecule has 0 aliphatic heterocycles. The van der Waals surface area contributed by atoms with Crippen LogP contribution in [0.25, 0.3) is 0 Å². The Morgan fingerprint density at radius 3 is 1.04 bits per heavy atom. The molecule has 0 atom stereocenters. The molecule has 432 valence electrons. The number of nitrogens with zero attached hydrogens (tertiary/aromatic N) is 4. The van der Waals surface area contributed by atoms with Gasteiger partial charge in [0.15, 0.2) is 0 Å². The standard InChI is InChI=1S/C15H26N2O3.2C14H24N2O3.C13H22N2O3/c1-6-17(5)8-10-20-9-7-16-12-11(15(2,3)4)13(18)14(12)19;1-14(2,3)10-11(13(18)12(10)17)15-6-8-19-9-7-16(4)5;1-14(2,3)10-11(13(18)12(10)17)16(5)7-9-19-8-6-15-4;1-13(2,3)9-10(12(17)11(9)16)15(4)6-8-18-7-5-14/h16H,6-10H2,1-5H3;2*15H,6-9H2,1-5H3;5-8,14H2,1-4H3. The van der Waals surface area contributed by atoms with Crippen molar-refractivity contribution >= 4 is 22.7 Å². The molecule has 76 heavy (non-hydrogen) atoms. The smallest absolute Gasteiger partial charge is 0.249 e. The Kier molecular flexibility index (Phi) is 28.7. The first-order valence-corrected chi connectivity index (χ1v) is 26.4. The summed E-state index contributed by atoms with van der Waals surface area (Å²) in [5.41, 5.74) is 5.64. The lowest BCUT2D eigenvalue weighted by atomic mass is 9.82. The first kappa shape index (κ1) is 69.2. The average Bonchev–Trinajstić information content (AvgIpc) is 3.32. The monoisotopic (exact) mass is 1070 g/mol. The molecule has 0 heterocycles. The van der Waals surface area contributed by atoms with Gasteiger partial charge in [0.05, 0.1) is 75.6 Å². The number of nitrogens with one attached hydrogen (secondary N) is 3. The van der Waals surface area contributed by atoms with Crippen LogP contribution in [0.3, 0.4) is 0 Å². The number of ether oxygens (including phenoxy) is 4. The summed E-state index contributed by atoms with van der Waals surface area (Å²) in [5, 5.41) is 9.04. The summed E-state index contributed by atoms with van der Waals surface area (Å²) < 4.78 is 21.6. The zero-order valence-electron chi connectivity index (χ0n) is 49.8. The predicted molar refractivity (Wildman–Crippen MR) is 312 cm³/mol. The number of hydrogen-bond donors (Lipinski definition) is 4. The van der Waals surface area contributed by atoms with Gasteiger partial charge in [-0.3, -0.25) is 38.4 Å². The summed E-state index contributed by atoms with van der Waals surface area (Å²) in [4.78, 5) is 101. The minimum absolute atomic E-state index is 0.290. The molecular weight excluding hydrogens is 977 g/mol. The van der Waals surface area contributed by atoms with E-state index < -0.39 is 10.9 Å². The van der Waals surface area contributed by atoms with E-state index in [0.717, 1.165) is 26.2 Å². The Hall–Kier alpha value is -4.80. The van der Waals surface area contributed by atoms with Gasteiger partial charge in [-0.2, -0.15) is 0 Å². The number of anilines is 4. The Morgan fingerprint density at radius 1 is 0.408 bits per heavy atom. The normalized spacial score (nSPS) is 12.2. The van der Waals surface area contributed by atoms with Crippen LogP contribution in [0.2, 0.25) is 0 Å². The van der Waals surface area contributed by atoms with E-state index in [-0.39, 0.29) is 54.2 Å². The number of nitrogens with two attached hydrogens (primary N) is 1. The second-order valence-electron chi connectivity index (χ2n) is 23.3. The Bertz CT molecular complexity index is 2650. The molecule has 0 aliphatic rings. The van der Waals surface area contributed by atoms with Crippen molar-refractivity contribution in [2.24, 2.45) is 5.73 Å².